The number of sulfone groups is 1. The highest BCUT2D eigenvalue weighted by Gasteiger charge is 2.26. The number of halogens is 1. The third-order valence-corrected chi connectivity index (χ3v) is 4.74. The van der Waals surface area contributed by atoms with Crippen molar-refractivity contribution in [3.8, 4) is 0 Å². The van der Waals surface area contributed by atoms with Gasteiger partial charge in [-0.3, -0.25) is 0 Å². The first kappa shape index (κ1) is 12.5. The number of hydrogen-bond donors (Lipinski definition) is 1. The van der Waals surface area contributed by atoms with E-state index < -0.39 is 9.84 Å². The van der Waals surface area contributed by atoms with Crippen LogP contribution in [0.3, 0.4) is 0 Å². The van der Waals surface area contributed by atoms with Gasteiger partial charge in [0.25, 0.3) is 0 Å². The van der Waals surface area contributed by atoms with Crippen molar-refractivity contribution < 1.29 is 12.8 Å². The SMILES string of the molecule is CC1CCS(=O)(=O)CC(c2ccc(F)cc2)N1. The molecule has 0 aliphatic carbocycles. The molecular formula is C12H16FNO2S. The Balaban J connectivity index is 2.26. The minimum Gasteiger partial charge on any atom is -0.307 e. The van der Waals surface area contributed by atoms with Crippen LogP contribution in [0.25, 0.3) is 0 Å². The van der Waals surface area contributed by atoms with Gasteiger partial charge in [-0.25, -0.2) is 12.8 Å². The Morgan fingerprint density at radius 2 is 1.94 bits per heavy atom. The van der Waals surface area contributed by atoms with Crippen molar-refractivity contribution in [3.05, 3.63) is 35.6 Å². The van der Waals surface area contributed by atoms with Gasteiger partial charge < -0.3 is 5.32 Å². The van der Waals surface area contributed by atoms with Crippen molar-refractivity contribution in [2.45, 2.75) is 25.4 Å². The molecule has 94 valence electrons. The van der Waals surface area contributed by atoms with Crippen molar-refractivity contribution in [1.82, 2.24) is 5.32 Å². The molecule has 1 aliphatic rings. The highest BCUT2D eigenvalue weighted by atomic mass is 32.2. The molecule has 1 aromatic rings. The summed E-state index contributed by atoms with van der Waals surface area (Å²) in [5, 5.41) is 3.27. The van der Waals surface area contributed by atoms with Crippen molar-refractivity contribution in [2.75, 3.05) is 11.5 Å². The van der Waals surface area contributed by atoms with Gasteiger partial charge in [-0.1, -0.05) is 12.1 Å². The molecule has 1 N–H and O–H groups in total. The third-order valence-electron chi connectivity index (χ3n) is 3.04. The van der Waals surface area contributed by atoms with E-state index in [-0.39, 0.29) is 29.4 Å². The zero-order valence-electron chi connectivity index (χ0n) is 9.69. The highest BCUT2D eigenvalue weighted by molar-refractivity contribution is 7.91. The lowest BCUT2D eigenvalue weighted by atomic mass is 10.1. The largest absolute Gasteiger partial charge is 0.307 e. The molecule has 0 bridgehead atoms. The average molecular weight is 257 g/mol. The van der Waals surface area contributed by atoms with Crippen LogP contribution in [0.1, 0.15) is 24.9 Å². The number of nitrogens with one attached hydrogen (secondary N) is 1. The zero-order chi connectivity index (χ0) is 12.5. The van der Waals surface area contributed by atoms with Crippen LogP contribution < -0.4 is 5.32 Å². The van der Waals surface area contributed by atoms with Gasteiger partial charge in [-0.15, -0.1) is 0 Å². The Kier molecular flexibility index (Phi) is 3.49. The summed E-state index contributed by atoms with van der Waals surface area (Å²) in [5.41, 5.74) is 0.823. The normalized spacial score (nSPS) is 28.6. The minimum absolute atomic E-state index is 0.0863. The monoisotopic (exact) mass is 257 g/mol. The van der Waals surface area contributed by atoms with Crippen LogP contribution in [0.2, 0.25) is 0 Å². The Labute approximate surface area is 101 Å². The van der Waals surface area contributed by atoms with Crippen LogP contribution in [0.4, 0.5) is 4.39 Å². The predicted molar refractivity (Wildman–Crippen MR) is 65.0 cm³/mol. The summed E-state index contributed by atoms with van der Waals surface area (Å²) >= 11 is 0. The minimum atomic E-state index is -3.02. The summed E-state index contributed by atoms with van der Waals surface area (Å²) in [6.07, 6.45) is 0.625. The van der Waals surface area contributed by atoms with Crippen LogP contribution in [-0.4, -0.2) is 26.0 Å². The van der Waals surface area contributed by atoms with Gasteiger partial charge in [0.15, 0.2) is 9.84 Å². The van der Waals surface area contributed by atoms with E-state index in [1.54, 1.807) is 12.1 Å². The van der Waals surface area contributed by atoms with E-state index in [4.69, 9.17) is 0 Å². The molecule has 0 aromatic heterocycles. The maximum atomic E-state index is 12.8. The van der Waals surface area contributed by atoms with Gasteiger partial charge in [0.1, 0.15) is 5.82 Å². The van der Waals surface area contributed by atoms with Crippen LogP contribution >= 0.6 is 0 Å². The van der Waals surface area contributed by atoms with Gasteiger partial charge >= 0.3 is 0 Å². The van der Waals surface area contributed by atoms with Gasteiger partial charge in [-0.2, -0.15) is 0 Å². The quantitative estimate of drug-likeness (QED) is 0.832. The summed E-state index contributed by atoms with van der Waals surface area (Å²) in [4.78, 5) is 0. The molecule has 1 saturated heterocycles. The number of rotatable bonds is 1. The molecule has 0 saturated carbocycles. The lowest BCUT2D eigenvalue weighted by Gasteiger charge is -2.19. The fourth-order valence-corrected chi connectivity index (χ4v) is 3.73. The molecule has 17 heavy (non-hydrogen) atoms. The summed E-state index contributed by atoms with van der Waals surface area (Å²) < 4.78 is 36.3. The highest BCUT2D eigenvalue weighted by Crippen LogP contribution is 2.20. The van der Waals surface area contributed by atoms with Crippen molar-refractivity contribution >= 4 is 9.84 Å². The van der Waals surface area contributed by atoms with E-state index in [1.165, 1.54) is 12.1 Å². The summed E-state index contributed by atoms with van der Waals surface area (Å²) in [6.45, 7) is 1.97. The molecule has 5 heteroatoms. The van der Waals surface area contributed by atoms with E-state index in [1.807, 2.05) is 6.92 Å². The first-order chi connectivity index (χ1) is 7.96. The second-order valence-corrected chi connectivity index (χ2v) is 6.80. The molecule has 0 spiro atoms. The van der Waals surface area contributed by atoms with Gasteiger partial charge in [0.2, 0.25) is 0 Å². The first-order valence-corrected chi connectivity index (χ1v) is 7.50. The second kappa shape index (κ2) is 4.74. The second-order valence-electron chi connectivity index (χ2n) is 4.57. The van der Waals surface area contributed by atoms with Gasteiger partial charge in [0, 0.05) is 12.1 Å². The molecule has 1 fully saturated rings. The van der Waals surface area contributed by atoms with Gasteiger partial charge in [-0.05, 0) is 31.0 Å². The van der Waals surface area contributed by atoms with E-state index in [0.717, 1.165) is 5.56 Å². The molecule has 2 unspecified atom stereocenters. The van der Waals surface area contributed by atoms with Crippen LogP contribution in [0.5, 0.6) is 0 Å². The molecule has 2 atom stereocenters. The summed E-state index contributed by atoms with van der Waals surface area (Å²) in [7, 11) is -3.02. The zero-order valence-corrected chi connectivity index (χ0v) is 10.5. The first-order valence-electron chi connectivity index (χ1n) is 5.68. The topological polar surface area (TPSA) is 46.2 Å². The fourth-order valence-electron chi connectivity index (χ4n) is 2.06. The molecule has 1 aliphatic heterocycles. The maximum absolute atomic E-state index is 12.8. The molecule has 1 aromatic carbocycles. The van der Waals surface area contributed by atoms with Crippen LogP contribution in [0.15, 0.2) is 24.3 Å². The van der Waals surface area contributed by atoms with E-state index >= 15 is 0 Å². The molecule has 1 heterocycles. The smallest absolute Gasteiger partial charge is 0.152 e. The van der Waals surface area contributed by atoms with E-state index in [2.05, 4.69) is 5.32 Å². The van der Waals surface area contributed by atoms with Crippen molar-refractivity contribution in [2.24, 2.45) is 0 Å². The van der Waals surface area contributed by atoms with Gasteiger partial charge in [0.05, 0.1) is 11.5 Å². The maximum Gasteiger partial charge on any atom is 0.152 e. The van der Waals surface area contributed by atoms with Crippen LogP contribution in [-0.2, 0) is 9.84 Å². The molecular weight excluding hydrogens is 241 g/mol. The Morgan fingerprint density at radius 3 is 2.59 bits per heavy atom. The van der Waals surface area contributed by atoms with Crippen LogP contribution in [0, 0.1) is 5.82 Å². The number of hydrogen-bond acceptors (Lipinski definition) is 3. The lowest BCUT2D eigenvalue weighted by Crippen LogP contribution is -2.30. The number of benzene rings is 1. The fraction of sp³-hybridized carbons (Fsp3) is 0.500. The predicted octanol–water partition coefficient (Wildman–Crippen LogP) is 1.66. The Bertz CT molecular complexity index is 484. The lowest BCUT2D eigenvalue weighted by molar-refractivity contribution is 0.483. The Morgan fingerprint density at radius 1 is 1.29 bits per heavy atom. The van der Waals surface area contributed by atoms with E-state index in [0.29, 0.717) is 6.42 Å². The molecule has 2 rings (SSSR count). The standard InChI is InChI=1S/C12H16FNO2S/c1-9-6-7-17(15,16)8-12(14-9)10-2-4-11(13)5-3-10/h2-5,9,12,14H,6-8H2,1H3. The molecule has 0 radical (unpaired) electrons. The average Bonchev–Trinajstić information content (AvgIpc) is 2.39. The van der Waals surface area contributed by atoms with Crippen molar-refractivity contribution in [3.63, 3.8) is 0 Å². The molecule has 3 nitrogen and oxygen atoms in total. The third kappa shape index (κ3) is 3.26. The molecule has 0 amide bonds. The summed E-state index contributed by atoms with van der Waals surface area (Å²) in [5.74, 6) is 0.000224. The summed E-state index contributed by atoms with van der Waals surface area (Å²) in [6, 6.07) is 5.92. The van der Waals surface area contributed by atoms with Crippen molar-refractivity contribution in [1.29, 1.82) is 0 Å². The van der Waals surface area contributed by atoms with E-state index in [9.17, 15) is 12.8 Å². The Hall–Kier alpha value is -0.940.